The van der Waals surface area contributed by atoms with Crippen LogP contribution in [0.2, 0.25) is 25.1 Å². The summed E-state index contributed by atoms with van der Waals surface area (Å²) in [5, 5.41) is 13.2. The average molecular weight is 546 g/mol. The van der Waals surface area contributed by atoms with Crippen molar-refractivity contribution in [2.75, 3.05) is 5.32 Å². The van der Waals surface area contributed by atoms with Crippen molar-refractivity contribution in [2.45, 2.75) is 13.3 Å². The molecule has 0 fully saturated rings. The second-order valence-electron chi connectivity index (χ2n) is 6.78. The summed E-state index contributed by atoms with van der Waals surface area (Å²) in [6, 6.07) is 11.7. The topological polar surface area (TPSA) is 74.0 Å². The minimum absolute atomic E-state index is 0.00790. The lowest BCUT2D eigenvalue weighted by Gasteiger charge is -2.09. The van der Waals surface area contributed by atoms with Gasteiger partial charge >= 0.3 is 0 Å². The zero-order valence-corrected chi connectivity index (χ0v) is 20.4. The Morgan fingerprint density at radius 3 is 2.39 bits per heavy atom. The molecular weight excluding hydrogens is 532 g/mol. The van der Waals surface area contributed by atoms with E-state index in [1.807, 2.05) is 0 Å². The Morgan fingerprint density at radius 2 is 1.67 bits per heavy atom. The molecule has 12 heteroatoms. The monoisotopic (exact) mass is 543 g/mol. The van der Waals surface area contributed by atoms with Gasteiger partial charge < -0.3 is 10.1 Å². The van der Waals surface area contributed by atoms with Crippen LogP contribution >= 0.6 is 58.0 Å². The van der Waals surface area contributed by atoms with Crippen LogP contribution in [0.4, 0.5) is 5.82 Å². The van der Waals surface area contributed by atoms with Gasteiger partial charge in [0.2, 0.25) is 0 Å². The molecule has 0 aliphatic carbocycles. The zero-order chi connectivity index (χ0) is 23.5. The van der Waals surface area contributed by atoms with Crippen molar-refractivity contribution in [3.8, 4) is 5.75 Å². The summed E-state index contributed by atoms with van der Waals surface area (Å²) in [7, 11) is 0. The number of carbonyl (C=O) groups is 1. The molecule has 0 saturated heterocycles. The van der Waals surface area contributed by atoms with Crippen LogP contribution in [0, 0.1) is 0 Å². The fourth-order valence-corrected chi connectivity index (χ4v) is 4.04. The van der Waals surface area contributed by atoms with E-state index in [4.69, 9.17) is 62.7 Å². The molecule has 0 bridgehead atoms. The maximum absolute atomic E-state index is 12.6. The van der Waals surface area contributed by atoms with E-state index < -0.39 is 5.91 Å². The number of nitrogens with one attached hydrogen (secondary N) is 1. The molecule has 0 radical (unpaired) electrons. The quantitative estimate of drug-likeness (QED) is 0.281. The first-order valence-corrected chi connectivity index (χ1v) is 11.3. The van der Waals surface area contributed by atoms with Gasteiger partial charge in [-0.15, -0.1) is 0 Å². The molecule has 1 N–H and O–H groups in total. The van der Waals surface area contributed by atoms with Gasteiger partial charge in [0.1, 0.15) is 5.02 Å². The second-order valence-corrected chi connectivity index (χ2v) is 8.84. The largest absolute Gasteiger partial charge is 0.468 e. The smallest absolute Gasteiger partial charge is 0.277 e. The van der Waals surface area contributed by atoms with Gasteiger partial charge in [-0.1, -0.05) is 70.1 Å². The molecule has 0 aliphatic rings. The maximum atomic E-state index is 12.6. The van der Waals surface area contributed by atoms with E-state index in [2.05, 4.69) is 15.5 Å². The number of halogens is 5. The van der Waals surface area contributed by atoms with Crippen molar-refractivity contribution in [2.24, 2.45) is 0 Å². The number of amides is 1. The average Bonchev–Trinajstić information content (AvgIpc) is 3.36. The summed E-state index contributed by atoms with van der Waals surface area (Å²) in [5.41, 5.74) is 0.950. The highest BCUT2D eigenvalue weighted by molar-refractivity contribution is 6.37. The Bertz CT molecular complexity index is 1300. The summed E-state index contributed by atoms with van der Waals surface area (Å²) in [6.45, 7) is 0.357. The van der Waals surface area contributed by atoms with E-state index in [9.17, 15) is 4.79 Å². The Labute approximate surface area is 213 Å². The van der Waals surface area contributed by atoms with E-state index in [1.54, 1.807) is 53.5 Å². The van der Waals surface area contributed by atoms with Crippen LogP contribution in [0.15, 0.2) is 54.9 Å². The number of ether oxygens (including phenoxy) is 1. The molecule has 0 aliphatic heterocycles. The van der Waals surface area contributed by atoms with Crippen LogP contribution in [-0.2, 0) is 13.3 Å². The van der Waals surface area contributed by atoms with Crippen molar-refractivity contribution in [3.63, 3.8) is 0 Å². The lowest BCUT2D eigenvalue weighted by Crippen LogP contribution is -2.15. The molecule has 33 heavy (non-hydrogen) atoms. The van der Waals surface area contributed by atoms with Crippen LogP contribution in [0.3, 0.4) is 0 Å². The molecule has 2 heterocycles. The molecule has 4 rings (SSSR count). The number of nitrogens with zero attached hydrogens (tertiary/aromatic N) is 4. The third-order valence-electron chi connectivity index (χ3n) is 4.43. The highest BCUT2D eigenvalue weighted by Gasteiger charge is 2.16. The number of para-hydroxylation sites is 1. The number of anilines is 1. The van der Waals surface area contributed by atoms with Gasteiger partial charge in [-0.3, -0.25) is 9.48 Å². The van der Waals surface area contributed by atoms with Gasteiger partial charge in [-0.25, -0.2) is 4.68 Å². The van der Waals surface area contributed by atoms with Crippen molar-refractivity contribution < 1.29 is 9.53 Å². The van der Waals surface area contributed by atoms with Crippen molar-refractivity contribution in [1.82, 2.24) is 19.6 Å². The minimum Gasteiger partial charge on any atom is -0.468 e. The number of carbonyl (C=O) groups excluding carboxylic acids is 1. The number of hydrogen-bond donors (Lipinski definition) is 1. The van der Waals surface area contributed by atoms with E-state index >= 15 is 0 Å². The van der Waals surface area contributed by atoms with Crippen LogP contribution in [0.5, 0.6) is 5.75 Å². The van der Waals surface area contributed by atoms with Gasteiger partial charge in [0.15, 0.2) is 24.0 Å². The standard InChI is InChI=1S/C21H14Cl5N5O2/c22-13-5-4-12(16(25)8-13)9-31-10-17(26)20(29-31)27-21(32)18-6-7-30(28-18)11-33-19-14(23)2-1-3-15(19)24/h1-8,10H,9,11H2,(H,27,29,32). The summed E-state index contributed by atoms with van der Waals surface area (Å²) in [4.78, 5) is 12.6. The molecule has 4 aromatic rings. The first-order valence-electron chi connectivity index (χ1n) is 9.38. The van der Waals surface area contributed by atoms with E-state index in [0.29, 0.717) is 32.4 Å². The molecule has 0 unspecified atom stereocenters. The van der Waals surface area contributed by atoms with Gasteiger partial charge in [-0.05, 0) is 35.9 Å². The van der Waals surface area contributed by atoms with Crippen LogP contribution in [0.25, 0.3) is 0 Å². The molecule has 2 aromatic carbocycles. The Morgan fingerprint density at radius 1 is 0.909 bits per heavy atom. The predicted octanol–water partition coefficient (Wildman–Crippen LogP) is 6.68. The third-order valence-corrected chi connectivity index (χ3v) is 5.89. The van der Waals surface area contributed by atoms with Crippen LogP contribution < -0.4 is 10.1 Å². The highest BCUT2D eigenvalue weighted by Crippen LogP contribution is 2.32. The van der Waals surface area contributed by atoms with E-state index in [-0.39, 0.29) is 23.3 Å². The number of aromatic nitrogens is 4. The molecule has 2 aromatic heterocycles. The maximum Gasteiger partial charge on any atom is 0.277 e. The van der Waals surface area contributed by atoms with Crippen LogP contribution in [0.1, 0.15) is 16.1 Å². The Balaban J connectivity index is 1.40. The SMILES string of the molecule is O=C(Nc1nn(Cc2ccc(Cl)cc2Cl)cc1Cl)c1ccn(COc2c(Cl)cccc2Cl)n1. The van der Waals surface area contributed by atoms with E-state index in [0.717, 1.165) is 5.56 Å². The number of hydrogen-bond acceptors (Lipinski definition) is 4. The molecule has 0 atom stereocenters. The molecule has 1 amide bonds. The first kappa shape index (κ1) is 23.7. The Hall–Kier alpha value is -2.42. The molecular formula is C21H14Cl5N5O2. The molecule has 0 saturated carbocycles. The van der Waals surface area contributed by atoms with Gasteiger partial charge in [-0.2, -0.15) is 10.2 Å². The summed E-state index contributed by atoms with van der Waals surface area (Å²) < 4.78 is 8.60. The fourth-order valence-electron chi connectivity index (χ4n) is 2.86. The fraction of sp³-hybridized carbons (Fsp3) is 0.0952. The van der Waals surface area contributed by atoms with Gasteiger partial charge in [0, 0.05) is 22.4 Å². The second kappa shape index (κ2) is 10.2. The van der Waals surface area contributed by atoms with Crippen molar-refractivity contribution in [3.05, 3.63) is 91.2 Å². The van der Waals surface area contributed by atoms with Crippen LogP contribution in [-0.4, -0.2) is 25.5 Å². The third kappa shape index (κ3) is 5.75. The lowest BCUT2D eigenvalue weighted by atomic mass is 10.2. The summed E-state index contributed by atoms with van der Waals surface area (Å²) in [6.07, 6.45) is 3.17. The summed E-state index contributed by atoms with van der Waals surface area (Å²) >= 11 is 30.6. The Kier molecular flexibility index (Phi) is 7.36. The predicted molar refractivity (Wildman–Crippen MR) is 130 cm³/mol. The highest BCUT2D eigenvalue weighted by atomic mass is 35.5. The number of benzene rings is 2. The summed E-state index contributed by atoms with van der Waals surface area (Å²) in [5.74, 6) is 0.0436. The molecule has 170 valence electrons. The van der Waals surface area contributed by atoms with Gasteiger partial charge in [0.05, 0.1) is 16.6 Å². The lowest BCUT2D eigenvalue weighted by molar-refractivity contribution is 0.101. The molecule has 0 spiro atoms. The normalized spacial score (nSPS) is 10.9. The van der Waals surface area contributed by atoms with Crippen molar-refractivity contribution >= 4 is 69.7 Å². The zero-order valence-electron chi connectivity index (χ0n) is 16.6. The first-order chi connectivity index (χ1) is 15.8. The number of rotatable bonds is 7. The van der Waals surface area contributed by atoms with E-state index in [1.165, 1.54) is 10.7 Å². The minimum atomic E-state index is -0.485. The van der Waals surface area contributed by atoms with Crippen molar-refractivity contribution in [1.29, 1.82) is 0 Å². The molecule has 7 nitrogen and oxygen atoms in total. The van der Waals surface area contributed by atoms with Gasteiger partial charge in [0.25, 0.3) is 5.91 Å².